The summed E-state index contributed by atoms with van der Waals surface area (Å²) in [5.41, 5.74) is 0.606. The van der Waals surface area contributed by atoms with Gasteiger partial charge in [0.2, 0.25) is 0 Å². The molecule has 1 aromatic carbocycles. The Balaban J connectivity index is 3.09. The number of rotatable bonds is 3. The minimum Gasteiger partial charge on any atom is -0.508 e. The Kier molecular flexibility index (Phi) is 3.30. The lowest BCUT2D eigenvalue weighted by molar-refractivity contribution is 0.297. The number of aromatic hydroxyl groups is 1. The maximum absolute atomic E-state index is 9.34. The number of phenolic OH excluding ortho intramolecular Hbond substituents is 1. The normalized spacial score (nSPS) is 10.1. The molecule has 0 unspecified atom stereocenters. The molecule has 0 atom stereocenters. The van der Waals surface area contributed by atoms with Crippen molar-refractivity contribution in [3.63, 3.8) is 0 Å². The summed E-state index contributed by atoms with van der Waals surface area (Å²) in [4.78, 5) is 0. The molecule has 0 amide bonds. The highest BCUT2D eigenvalue weighted by molar-refractivity contribution is 6.59. The van der Waals surface area contributed by atoms with E-state index in [1.807, 2.05) is 0 Å². The lowest BCUT2D eigenvalue weighted by Gasteiger charge is -2.08. The molecule has 1 aromatic rings. The van der Waals surface area contributed by atoms with Crippen LogP contribution in [0.15, 0.2) is 18.2 Å². The molecular formula is C8H11BO4. The van der Waals surface area contributed by atoms with Crippen LogP contribution in [0.5, 0.6) is 5.75 Å². The molecule has 0 fully saturated rings. The van der Waals surface area contributed by atoms with Crippen molar-refractivity contribution < 1.29 is 20.3 Å². The molecule has 0 spiro atoms. The van der Waals surface area contributed by atoms with Gasteiger partial charge in [0.25, 0.3) is 0 Å². The fourth-order valence-electron chi connectivity index (χ4n) is 1.22. The van der Waals surface area contributed by atoms with E-state index in [2.05, 4.69) is 0 Å². The monoisotopic (exact) mass is 182 g/mol. The molecular weight excluding hydrogens is 171 g/mol. The standard InChI is InChI=1S/C8H11BO4/c10-5-4-6-7(9(12)13)2-1-3-8(6)11/h1-3,10-13H,4-5H2. The number of aliphatic hydroxyl groups is 1. The zero-order chi connectivity index (χ0) is 9.84. The van der Waals surface area contributed by atoms with Crippen LogP contribution >= 0.6 is 0 Å². The quantitative estimate of drug-likeness (QED) is 0.433. The number of benzene rings is 1. The minimum absolute atomic E-state index is 0.0281. The molecule has 4 nitrogen and oxygen atoms in total. The first kappa shape index (κ1) is 10.0. The van der Waals surface area contributed by atoms with E-state index in [0.29, 0.717) is 5.56 Å². The van der Waals surface area contributed by atoms with Crippen LogP contribution in [0, 0.1) is 0 Å². The molecule has 4 N–H and O–H groups in total. The third-order valence-corrected chi connectivity index (χ3v) is 1.83. The van der Waals surface area contributed by atoms with E-state index in [-0.39, 0.29) is 24.2 Å². The molecule has 0 aromatic heterocycles. The Labute approximate surface area is 76.2 Å². The van der Waals surface area contributed by atoms with Gasteiger partial charge >= 0.3 is 7.12 Å². The van der Waals surface area contributed by atoms with E-state index in [4.69, 9.17) is 15.2 Å². The Hall–Kier alpha value is -1.04. The molecule has 0 aliphatic rings. The summed E-state index contributed by atoms with van der Waals surface area (Å²) in [5, 5.41) is 35.9. The van der Waals surface area contributed by atoms with Crippen LogP contribution < -0.4 is 5.46 Å². The molecule has 0 aliphatic heterocycles. The summed E-state index contributed by atoms with van der Waals surface area (Å²) in [7, 11) is -1.62. The Morgan fingerprint density at radius 2 is 1.92 bits per heavy atom. The predicted molar refractivity (Wildman–Crippen MR) is 48.7 cm³/mol. The van der Waals surface area contributed by atoms with E-state index in [9.17, 15) is 5.11 Å². The van der Waals surface area contributed by atoms with Gasteiger partial charge in [0.05, 0.1) is 0 Å². The van der Waals surface area contributed by atoms with E-state index in [1.165, 1.54) is 18.2 Å². The molecule has 0 aliphatic carbocycles. The highest BCUT2D eigenvalue weighted by Gasteiger charge is 2.17. The molecule has 0 heterocycles. The lowest BCUT2D eigenvalue weighted by Crippen LogP contribution is -2.33. The van der Waals surface area contributed by atoms with Gasteiger partial charge in [-0.25, -0.2) is 0 Å². The molecule has 0 saturated heterocycles. The van der Waals surface area contributed by atoms with Crippen molar-refractivity contribution in [3.8, 4) is 5.75 Å². The van der Waals surface area contributed by atoms with Crippen LogP contribution in [0.4, 0.5) is 0 Å². The number of phenols is 1. The molecule has 0 radical (unpaired) electrons. The topological polar surface area (TPSA) is 80.9 Å². The van der Waals surface area contributed by atoms with E-state index < -0.39 is 7.12 Å². The largest absolute Gasteiger partial charge is 0.508 e. The second-order valence-corrected chi connectivity index (χ2v) is 2.69. The highest BCUT2D eigenvalue weighted by Crippen LogP contribution is 2.14. The molecule has 0 saturated carbocycles. The van der Waals surface area contributed by atoms with Gasteiger partial charge < -0.3 is 20.3 Å². The number of hydrogen-bond acceptors (Lipinski definition) is 4. The summed E-state index contributed by atoms with van der Waals surface area (Å²) < 4.78 is 0. The first-order valence-corrected chi connectivity index (χ1v) is 3.94. The third kappa shape index (κ3) is 2.21. The zero-order valence-corrected chi connectivity index (χ0v) is 7.01. The second kappa shape index (κ2) is 4.27. The lowest BCUT2D eigenvalue weighted by atomic mass is 9.76. The molecule has 1 rings (SSSR count). The Morgan fingerprint density at radius 3 is 2.46 bits per heavy atom. The van der Waals surface area contributed by atoms with Crippen molar-refractivity contribution in [2.75, 3.05) is 6.61 Å². The smallest absolute Gasteiger partial charge is 0.488 e. The van der Waals surface area contributed by atoms with Crippen LogP contribution in [-0.2, 0) is 6.42 Å². The number of hydrogen-bond donors (Lipinski definition) is 4. The van der Waals surface area contributed by atoms with E-state index >= 15 is 0 Å². The van der Waals surface area contributed by atoms with Crippen molar-refractivity contribution in [2.45, 2.75) is 6.42 Å². The maximum Gasteiger partial charge on any atom is 0.488 e. The van der Waals surface area contributed by atoms with E-state index in [0.717, 1.165) is 0 Å². The van der Waals surface area contributed by atoms with Gasteiger partial charge in [-0.15, -0.1) is 0 Å². The Morgan fingerprint density at radius 1 is 1.23 bits per heavy atom. The van der Waals surface area contributed by atoms with Crippen LogP contribution in [-0.4, -0.2) is 34.0 Å². The Bertz CT molecular complexity index is 287. The van der Waals surface area contributed by atoms with Crippen LogP contribution in [0.1, 0.15) is 5.56 Å². The summed E-state index contributed by atoms with van der Waals surface area (Å²) in [5.74, 6) is -0.0281. The molecule has 5 heteroatoms. The second-order valence-electron chi connectivity index (χ2n) is 2.69. The fraction of sp³-hybridized carbons (Fsp3) is 0.250. The fourth-order valence-corrected chi connectivity index (χ4v) is 1.22. The molecule has 0 bridgehead atoms. The third-order valence-electron chi connectivity index (χ3n) is 1.83. The van der Waals surface area contributed by atoms with Crippen LogP contribution in [0.25, 0.3) is 0 Å². The van der Waals surface area contributed by atoms with Gasteiger partial charge in [-0.1, -0.05) is 12.1 Å². The number of aliphatic hydroxyl groups excluding tert-OH is 1. The van der Waals surface area contributed by atoms with E-state index in [1.54, 1.807) is 0 Å². The average Bonchev–Trinajstić information content (AvgIpc) is 2.08. The van der Waals surface area contributed by atoms with Crippen LogP contribution in [0.2, 0.25) is 0 Å². The van der Waals surface area contributed by atoms with Gasteiger partial charge in [0.1, 0.15) is 5.75 Å². The summed E-state index contributed by atoms with van der Waals surface area (Å²) in [6, 6.07) is 4.46. The van der Waals surface area contributed by atoms with Gasteiger partial charge in [-0.2, -0.15) is 0 Å². The summed E-state index contributed by atoms with van der Waals surface area (Å²) >= 11 is 0. The zero-order valence-electron chi connectivity index (χ0n) is 7.01. The summed E-state index contributed by atoms with van der Waals surface area (Å²) in [6.45, 7) is -0.142. The molecule has 70 valence electrons. The van der Waals surface area contributed by atoms with Crippen molar-refractivity contribution in [2.24, 2.45) is 0 Å². The predicted octanol–water partition coefficient (Wildman–Crippen LogP) is -1.39. The SMILES string of the molecule is OCCc1c(O)cccc1B(O)O. The summed E-state index contributed by atoms with van der Waals surface area (Å²) in [6.07, 6.45) is 0.208. The first-order valence-electron chi connectivity index (χ1n) is 3.94. The first-order chi connectivity index (χ1) is 6.16. The minimum atomic E-state index is -1.62. The highest BCUT2D eigenvalue weighted by atomic mass is 16.4. The van der Waals surface area contributed by atoms with Crippen LogP contribution in [0.3, 0.4) is 0 Å². The van der Waals surface area contributed by atoms with Gasteiger partial charge in [-0.3, -0.25) is 0 Å². The van der Waals surface area contributed by atoms with Crippen molar-refractivity contribution in [3.05, 3.63) is 23.8 Å². The average molecular weight is 182 g/mol. The maximum atomic E-state index is 9.34. The molecule has 13 heavy (non-hydrogen) atoms. The van der Waals surface area contributed by atoms with Crippen molar-refractivity contribution in [1.82, 2.24) is 0 Å². The van der Waals surface area contributed by atoms with Crippen molar-refractivity contribution in [1.29, 1.82) is 0 Å². The van der Waals surface area contributed by atoms with Gasteiger partial charge in [-0.05, 0) is 23.5 Å². The van der Waals surface area contributed by atoms with Crippen molar-refractivity contribution >= 4 is 12.6 Å². The van der Waals surface area contributed by atoms with Gasteiger partial charge in [0.15, 0.2) is 0 Å². The van der Waals surface area contributed by atoms with Gasteiger partial charge in [0, 0.05) is 6.61 Å².